The number of halogens is 1. The van der Waals surface area contributed by atoms with Crippen LogP contribution in [0.4, 0.5) is 4.39 Å². The van der Waals surface area contributed by atoms with E-state index >= 15 is 0 Å². The molecule has 1 atom stereocenters. The van der Waals surface area contributed by atoms with Gasteiger partial charge in [-0.2, -0.15) is 4.31 Å². The van der Waals surface area contributed by atoms with E-state index < -0.39 is 27.7 Å². The predicted molar refractivity (Wildman–Crippen MR) is 119 cm³/mol. The standard InChI is InChI=1S/C23H28FN3O4S/c1-17-5-7-18(8-6-17)16-26-23(29)22(28)25-14-13-20-4-2-3-15-27(20)32(30,31)21-11-9-19(24)10-12-21/h5-12,20H,2-4,13-16H2,1H3,(H,25,28)(H,26,29)/t20-/m1/s1. The lowest BCUT2D eigenvalue weighted by molar-refractivity contribution is -0.139. The van der Waals surface area contributed by atoms with Crippen molar-refractivity contribution >= 4 is 21.8 Å². The Hall–Kier alpha value is -2.78. The molecule has 2 N–H and O–H groups in total. The van der Waals surface area contributed by atoms with Gasteiger partial charge in [-0.3, -0.25) is 9.59 Å². The second kappa shape index (κ2) is 10.7. The molecule has 1 aliphatic rings. The van der Waals surface area contributed by atoms with Gasteiger partial charge in [-0.15, -0.1) is 0 Å². The maximum absolute atomic E-state index is 13.2. The summed E-state index contributed by atoms with van der Waals surface area (Å²) in [7, 11) is -3.76. The first kappa shape index (κ1) is 23.9. The first-order valence-electron chi connectivity index (χ1n) is 10.7. The fraction of sp³-hybridized carbons (Fsp3) is 0.391. The average molecular weight is 462 g/mol. The molecule has 2 aromatic rings. The number of sulfonamides is 1. The summed E-state index contributed by atoms with van der Waals surface area (Å²) in [4.78, 5) is 24.2. The van der Waals surface area contributed by atoms with Gasteiger partial charge in [0.25, 0.3) is 0 Å². The van der Waals surface area contributed by atoms with Crippen LogP contribution in [0.15, 0.2) is 53.4 Å². The Labute approximate surface area is 188 Å². The van der Waals surface area contributed by atoms with E-state index in [0.29, 0.717) is 19.4 Å². The van der Waals surface area contributed by atoms with Gasteiger partial charge in [0, 0.05) is 25.7 Å². The van der Waals surface area contributed by atoms with Crippen molar-refractivity contribution in [3.8, 4) is 0 Å². The molecular weight excluding hydrogens is 433 g/mol. The molecule has 0 aromatic heterocycles. The van der Waals surface area contributed by atoms with Crippen LogP contribution in [0.2, 0.25) is 0 Å². The molecule has 1 saturated heterocycles. The van der Waals surface area contributed by atoms with Crippen molar-refractivity contribution in [2.75, 3.05) is 13.1 Å². The van der Waals surface area contributed by atoms with Gasteiger partial charge >= 0.3 is 11.8 Å². The topological polar surface area (TPSA) is 95.6 Å². The number of carbonyl (C=O) groups excluding carboxylic acids is 2. The van der Waals surface area contributed by atoms with Gasteiger partial charge in [-0.25, -0.2) is 12.8 Å². The van der Waals surface area contributed by atoms with Crippen molar-refractivity contribution in [2.45, 2.75) is 50.1 Å². The predicted octanol–water partition coefficient (Wildman–Crippen LogP) is 2.50. The van der Waals surface area contributed by atoms with Gasteiger partial charge in [-0.05, 0) is 56.0 Å². The number of nitrogens with zero attached hydrogens (tertiary/aromatic N) is 1. The lowest BCUT2D eigenvalue weighted by Crippen LogP contribution is -2.46. The third-order valence-corrected chi connectivity index (χ3v) is 7.50. The second-order valence-electron chi connectivity index (χ2n) is 7.93. The molecule has 1 heterocycles. The fourth-order valence-electron chi connectivity index (χ4n) is 3.72. The van der Waals surface area contributed by atoms with E-state index in [0.717, 1.165) is 36.1 Å². The molecule has 0 radical (unpaired) electrons. The van der Waals surface area contributed by atoms with Gasteiger partial charge < -0.3 is 10.6 Å². The number of aryl methyl sites for hydroxylation is 1. The number of nitrogens with one attached hydrogen (secondary N) is 2. The summed E-state index contributed by atoms with van der Waals surface area (Å²) >= 11 is 0. The minimum atomic E-state index is -3.76. The van der Waals surface area contributed by atoms with E-state index in [4.69, 9.17) is 0 Å². The molecule has 1 fully saturated rings. The Morgan fingerprint density at radius 3 is 2.34 bits per heavy atom. The van der Waals surface area contributed by atoms with Crippen molar-refractivity contribution in [3.63, 3.8) is 0 Å². The Kier molecular flexibility index (Phi) is 7.98. The summed E-state index contributed by atoms with van der Waals surface area (Å²) in [5.74, 6) is -1.98. The summed E-state index contributed by atoms with van der Waals surface area (Å²) < 4.78 is 40.6. The highest BCUT2D eigenvalue weighted by Gasteiger charge is 2.33. The van der Waals surface area contributed by atoms with Crippen LogP contribution in [0.3, 0.4) is 0 Å². The van der Waals surface area contributed by atoms with Gasteiger partial charge in [0.05, 0.1) is 4.90 Å². The number of benzene rings is 2. The highest BCUT2D eigenvalue weighted by Crippen LogP contribution is 2.27. The molecule has 0 saturated carbocycles. The van der Waals surface area contributed by atoms with E-state index in [1.807, 2.05) is 31.2 Å². The number of hydrogen-bond donors (Lipinski definition) is 2. The molecule has 0 spiro atoms. The van der Waals surface area contributed by atoms with Gasteiger partial charge in [0.2, 0.25) is 10.0 Å². The number of carbonyl (C=O) groups is 2. The molecule has 1 aliphatic heterocycles. The summed E-state index contributed by atoms with van der Waals surface area (Å²) in [5.41, 5.74) is 2.00. The molecule has 2 aromatic carbocycles. The van der Waals surface area contributed by atoms with Gasteiger partial charge in [-0.1, -0.05) is 36.2 Å². The number of hydrogen-bond acceptors (Lipinski definition) is 4. The minimum absolute atomic E-state index is 0.0466. The fourth-order valence-corrected chi connectivity index (χ4v) is 5.45. The van der Waals surface area contributed by atoms with Crippen LogP contribution in [0.1, 0.15) is 36.8 Å². The second-order valence-corrected chi connectivity index (χ2v) is 9.82. The van der Waals surface area contributed by atoms with Crippen molar-refractivity contribution in [1.29, 1.82) is 0 Å². The first-order valence-corrected chi connectivity index (χ1v) is 12.1. The minimum Gasteiger partial charge on any atom is -0.348 e. The van der Waals surface area contributed by atoms with Crippen molar-refractivity contribution in [2.24, 2.45) is 0 Å². The quantitative estimate of drug-likeness (QED) is 0.620. The molecule has 172 valence electrons. The number of piperidine rings is 1. The SMILES string of the molecule is Cc1ccc(CNC(=O)C(=O)NCC[C@H]2CCCCN2S(=O)(=O)c2ccc(F)cc2)cc1. The molecule has 2 amide bonds. The zero-order chi connectivity index (χ0) is 23.1. The molecule has 0 bridgehead atoms. The monoisotopic (exact) mass is 461 g/mol. The summed E-state index contributed by atoms with van der Waals surface area (Å²) in [5, 5.41) is 5.15. The smallest absolute Gasteiger partial charge is 0.309 e. The molecule has 3 rings (SSSR count). The maximum atomic E-state index is 13.2. The van der Waals surface area contributed by atoms with Crippen molar-refractivity contribution < 1.29 is 22.4 Å². The van der Waals surface area contributed by atoms with Crippen LogP contribution < -0.4 is 10.6 Å². The molecule has 7 nitrogen and oxygen atoms in total. The molecule has 32 heavy (non-hydrogen) atoms. The third kappa shape index (κ3) is 6.14. The van der Waals surface area contributed by atoms with Crippen LogP contribution in [-0.4, -0.2) is 43.7 Å². The Morgan fingerprint density at radius 2 is 1.66 bits per heavy atom. The largest absolute Gasteiger partial charge is 0.348 e. The van der Waals surface area contributed by atoms with E-state index in [1.165, 1.54) is 16.4 Å². The van der Waals surface area contributed by atoms with Crippen molar-refractivity contribution in [3.05, 3.63) is 65.5 Å². The molecular formula is C23H28FN3O4S. The van der Waals surface area contributed by atoms with Crippen LogP contribution in [0.5, 0.6) is 0 Å². The third-order valence-electron chi connectivity index (χ3n) is 5.54. The number of amides is 2. The Morgan fingerprint density at radius 1 is 1.00 bits per heavy atom. The van der Waals surface area contributed by atoms with Crippen LogP contribution in [0.25, 0.3) is 0 Å². The van der Waals surface area contributed by atoms with E-state index in [-0.39, 0.29) is 24.0 Å². The van der Waals surface area contributed by atoms with E-state index in [9.17, 15) is 22.4 Å². The normalized spacial score (nSPS) is 17.0. The molecule has 9 heteroatoms. The first-order chi connectivity index (χ1) is 15.3. The maximum Gasteiger partial charge on any atom is 0.309 e. The zero-order valence-electron chi connectivity index (χ0n) is 18.0. The summed E-state index contributed by atoms with van der Waals surface area (Å²) in [6, 6.07) is 12.1. The molecule has 0 unspecified atom stereocenters. The highest BCUT2D eigenvalue weighted by atomic mass is 32.2. The van der Waals surface area contributed by atoms with Gasteiger partial charge in [0.1, 0.15) is 5.82 Å². The van der Waals surface area contributed by atoms with Crippen LogP contribution >= 0.6 is 0 Å². The lowest BCUT2D eigenvalue weighted by atomic mass is 10.0. The van der Waals surface area contributed by atoms with E-state index in [2.05, 4.69) is 10.6 Å². The van der Waals surface area contributed by atoms with Gasteiger partial charge in [0.15, 0.2) is 0 Å². The zero-order valence-corrected chi connectivity index (χ0v) is 18.8. The highest BCUT2D eigenvalue weighted by molar-refractivity contribution is 7.89. The van der Waals surface area contributed by atoms with Crippen LogP contribution in [-0.2, 0) is 26.2 Å². The van der Waals surface area contributed by atoms with E-state index in [1.54, 1.807) is 0 Å². The van der Waals surface area contributed by atoms with Crippen molar-refractivity contribution in [1.82, 2.24) is 14.9 Å². The number of rotatable bonds is 7. The molecule has 0 aliphatic carbocycles. The Bertz CT molecular complexity index is 1040. The Balaban J connectivity index is 1.51. The lowest BCUT2D eigenvalue weighted by Gasteiger charge is -2.34. The summed E-state index contributed by atoms with van der Waals surface area (Å²) in [6.45, 7) is 2.76. The summed E-state index contributed by atoms with van der Waals surface area (Å²) in [6.07, 6.45) is 2.67. The van der Waals surface area contributed by atoms with Crippen LogP contribution in [0, 0.1) is 12.7 Å². The average Bonchev–Trinajstić information content (AvgIpc) is 2.79.